The Morgan fingerprint density at radius 1 is 1.05 bits per heavy atom. The zero-order valence-corrected chi connectivity index (χ0v) is 11.7. The third-order valence-electron chi connectivity index (χ3n) is 3.09. The van der Waals surface area contributed by atoms with Gasteiger partial charge in [0.25, 0.3) is 10.1 Å². The summed E-state index contributed by atoms with van der Waals surface area (Å²) in [5.74, 6) is 0. The van der Waals surface area contributed by atoms with E-state index >= 15 is 0 Å². The molecule has 2 aromatic carbocycles. The van der Waals surface area contributed by atoms with Crippen LogP contribution in [0.2, 0.25) is 0 Å². The molecule has 0 aromatic heterocycles. The molecule has 0 fully saturated rings. The predicted octanol–water partition coefficient (Wildman–Crippen LogP) is 2.49. The summed E-state index contributed by atoms with van der Waals surface area (Å²) in [7, 11) is -4.25. The maximum atomic E-state index is 11.2. The number of nitrogens with zero attached hydrogens (tertiary/aromatic N) is 1. The van der Waals surface area contributed by atoms with Crippen LogP contribution < -0.4 is 0 Å². The molecule has 0 saturated carbocycles. The summed E-state index contributed by atoms with van der Waals surface area (Å²) in [5.41, 5.74) is 1.20. The van der Waals surface area contributed by atoms with Crippen molar-refractivity contribution in [2.75, 3.05) is 0 Å². The fourth-order valence-corrected chi connectivity index (χ4v) is 2.49. The van der Waals surface area contributed by atoms with Crippen LogP contribution >= 0.6 is 0 Å². The highest BCUT2D eigenvalue weighted by molar-refractivity contribution is 7.85. The molecular weight excluding hydrogens is 294 g/mol. The van der Waals surface area contributed by atoms with Crippen molar-refractivity contribution >= 4 is 10.1 Å². The first-order valence-electron chi connectivity index (χ1n) is 6.13. The van der Waals surface area contributed by atoms with Gasteiger partial charge in [0.05, 0.1) is 4.90 Å². The SMILES string of the molecule is O=[N+]([O-])C(Cc1ccc(S(=O)(=O)O)cc1)c1ccccc1. The van der Waals surface area contributed by atoms with E-state index in [0.29, 0.717) is 11.1 Å². The minimum absolute atomic E-state index is 0.142. The van der Waals surface area contributed by atoms with Gasteiger partial charge in [-0.1, -0.05) is 42.5 Å². The first-order chi connectivity index (χ1) is 9.88. The average Bonchev–Trinajstić information content (AvgIpc) is 2.45. The van der Waals surface area contributed by atoms with Crippen LogP contribution in [0, 0.1) is 10.1 Å². The fourth-order valence-electron chi connectivity index (χ4n) is 2.01. The Balaban J connectivity index is 2.24. The molecule has 0 amide bonds. The van der Waals surface area contributed by atoms with Crippen LogP contribution in [-0.2, 0) is 16.5 Å². The summed E-state index contributed by atoms with van der Waals surface area (Å²) in [6.45, 7) is 0. The molecule has 1 N–H and O–H groups in total. The molecule has 0 saturated heterocycles. The van der Waals surface area contributed by atoms with E-state index in [2.05, 4.69) is 0 Å². The molecule has 0 bridgehead atoms. The van der Waals surface area contributed by atoms with Gasteiger partial charge in [0.2, 0.25) is 6.04 Å². The predicted molar refractivity (Wildman–Crippen MR) is 76.1 cm³/mol. The Bertz CT molecular complexity index is 726. The Morgan fingerprint density at radius 2 is 1.62 bits per heavy atom. The fraction of sp³-hybridized carbons (Fsp3) is 0.143. The molecule has 1 atom stereocenters. The van der Waals surface area contributed by atoms with E-state index in [1.165, 1.54) is 24.3 Å². The van der Waals surface area contributed by atoms with E-state index in [1.54, 1.807) is 30.3 Å². The first kappa shape index (κ1) is 15.1. The third-order valence-corrected chi connectivity index (χ3v) is 3.96. The van der Waals surface area contributed by atoms with Gasteiger partial charge in [-0.25, -0.2) is 0 Å². The number of hydrogen-bond acceptors (Lipinski definition) is 4. The van der Waals surface area contributed by atoms with Crippen LogP contribution in [0.5, 0.6) is 0 Å². The molecule has 0 aliphatic rings. The van der Waals surface area contributed by atoms with Gasteiger partial charge in [0.15, 0.2) is 0 Å². The largest absolute Gasteiger partial charge is 0.294 e. The van der Waals surface area contributed by atoms with E-state index in [-0.39, 0.29) is 16.2 Å². The van der Waals surface area contributed by atoms with Crippen LogP contribution in [0.15, 0.2) is 59.5 Å². The van der Waals surface area contributed by atoms with Gasteiger partial charge in [0.1, 0.15) is 0 Å². The van der Waals surface area contributed by atoms with Gasteiger partial charge in [-0.05, 0) is 17.7 Å². The summed E-state index contributed by atoms with van der Waals surface area (Å²) in [6.07, 6.45) is 0.142. The monoisotopic (exact) mass is 307 g/mol. The van der Waals surface area contributed by atoms with Crippen molar-refractivity contribution in [3.05, 3.63) is 75.8 Å². The Kier molecular flexibility index (Phi) is 4.35. The van der Waals surface area contributed by atoms with Gasteiger partial charge < -0.3 is 0 Å². The maximum absolute atomic E-state index is 11.2. The molecule has 2 rings (SSSR count). The highest BCUT2D eigenvalue weighted by Crippen LogP contribution is 2.22. The lowest BCUT2D eigenvalue weighted by Crippen LogP contribution is -2.13. The van der Waals surface area contributed by atoms with Gasteiger partial charge in [-0.2, -0.15) is 8.42 Å². The molecule has 7 heteroatoms. The second-order valence-electron chi connectivity index (χ2n) is 4.53. The summed E-state index contributed by atoms with van der Waals surface area (Å²) < 4.78 is 30.8. The second kappa shape index (κ2) is 6.02. The van der Waals surface area contributed by atoms with Crippen molar-refractivity contribution in [3.8, 4) is 0 Å². The minimum Gasteiger partial charge on any atom is -0.282 e. The van der Waals surface area contributed by atoms with E-state index in [9.17, 15) is 18.5 Å². The van der Waals surface area contributed by atoms with Crippen LogP contribution in [0.3, 0.4) is 0 Å². The van der Waals surface area contributed by atoms with E-state index < -0.39 is 16.2 Å². The number of rotatable bonds is 5. The van der Waals surface area contributed by atoms with Crippen LogP contribution in [0.4, 0.5) is 0 Å². The molecule has 2 aromatic rings. The normalized spacial score (nSPS) is 12.8. The third kappa shape index (κ3) is 3.87. The van der Waals surface area contributed by atoms with Crippen LogP contribution in [0.25, 0.3) is 0 Å². The molecule has 0 heterocycles. The van der Waals surface area contributed by atoms with E-state index in [1.807, 2.05) is 0 Å². The molecule has 21 heavy (non-hydrogen) atoms. The second-order valence-corrected chi connectivity index (χ2v) is 5.96. The Hall–Kier alpha value is -2.25. The van der Waals surface area contributed by atoms with Crippen molar-refractivity contribution in [2.24, 2.45) is 0 Å². The van der Waals surface area contributed by atoms with Gasteiger partial charge in [-0.3, -0.25) is 14.7 Å². The summed E-state index contributed by atoms with van der Waals surface area (Å²) >= 11 is 0. The topological polar surface area (TPSA) is 97.5 Å². The van der Waals surface area contributed by atoms with Gasteiger partial charge in [-0.15, -0.1) is 0 Å². The quantitative estimate of drug-likeness (QED) is 0.520. The highest BCUT2D eigenvalue weighted by atomic mass is 32.2. The lowest BCUT2D eigenvalue weighted by atomic mass is 9.99. The number of nitro groups is 1. The standard InChI is InChI=1S/C14H13NO5S/c16-15(17)14(12-4-2-1-3-5-12)10-11-6-8-13(9-7-11)21(18,19)20/h1-9,14H,10H2,(H,18,19,20). The lowest BCUT2D eigenvalue weighted by Gasteiger charge is -2.10. The van der Waals surface area contributed by atoms with E-state index in [0.717, 1.165) is 0 Å². The highest BCUT2D eigenvalue weighted by Gasteiger charge is 2.23. The molecule has 110 valence electrons. The molecule has 0 spiro atoms. The minimum atomic E-state index is -4.25. The molecule has 0 aliphatic heterocycles. The summed E-state index contributed by atoms with van der Waals surface area (Å²) in [5, 5.41) is 11.2. The zero-order valence-electron chi connectivity index (χ0n) is 10.9. The molecule has 0 aliphatic carbocycles. The van der Waals surface area contributed by atoms with Gasteiger partial charge in [0, 0.05) is 16.9 Å². The molecule has 6 nitrogen and oxygen atoms in total. The number of benzene rings is 2. The molecule has 0 radical (unpaired) electrons. The van der Waals surface area contributed by atoms with Crippen LogP contribution in [0.1, 0.15) is 17.2 Å². The van der Waals surface area contributed by atoms with Crippen molar-refractivity contribution in [2.45, 2.75) is 17.4 Å². The Labute approximate surface area is 121 Å². The van der Waals surface area contributed by atoms with Crippen LogP contribution in [-0.4, -0.2) is 17.9 Å². The molecule has 1 unspecified atom stereocenters. The van der Waals surface area contributed by atoms with E-state index in [4.69, 9.17) is 4.55 Å². The maximum Gasteiger partial charge on any atom is 0.294 e. The smallest absolute Gasteiger partial charge is 0.282 e. The summed E-state index contributed by atoms with van der Waals surface area (Å²) in [4.78, 5) is 10.6. The van der Waals surface area contributed by atoms with Gasteiger partial charge >= 0.3 is 0 Å². The Morgan fingerprint density at radius 3 is 2.10 bits per heavy atom. The summed E-state index contributed by atoms with van der Waals surface area (Å²) in [6, 6.07) is 13.1. The van der Waals surface area contributed by atoms with Crippen molar-refractivity contribution in [3.63, 3.8) is 0 Å². The lowest BCUT2D eigenvalue weighted by molar-refractivity contribution is -0.528. The molecular formula is C14H13NO5S. The zero-order chi connectivity index (χ0) is 15.5. The first-order valence-corrected chi connectivity index (χ1v) is 7.57. The van der Waals surface area contributed by atoms with Crippen molar-refractivity contribution < 1.29 is 17.9 Å². The van der Waals surface area contributed by atoms with Crippen molar-refractivity contribution in [1.29, 1.82) is 0 Å². The average molecular weight is 307 g/mol. The number of hydrogen-bond donors (Lipinski definition) is 1. The van der Waals surface area contributed by atoms with Crippen molar-refractivity contribution in [1.82, 2.24) is 0 Å².